The van der Waals surface area contributed by atoms with Gasteiger partial charge in [-0.3, -0.25) is 9.59 Å². The number of hydrogen-bond acceptors (Lipinski definition) is 8. The van der Waals surface area contributed by atoms with Crippen molar-refractivity contribution < 1.29 is 33.3 Å². The number of ketones is 2. The van der Waals surface area contributed by atoms with Gasteiger partial charge < -0.3 is 29.6 Å². The molecule has 2 aromatic carbocycles. The first-order valence-electron chi connectivity index (χ1n) is 11.9. The number of methoxy groups -OCH3 is 3. The molecular formula is C28H32N2O7. The van der Waals surface area contributed by atoms with Crippen molar-refractivity contribution in [1.29, 1.82) is 0 Å². The lowest BCUT2D eigenvalue weighted by Crippen LogP contribution is -2.46. The van der Waals surface area contributed by atoms with Crippen molar-refractivity contribution in [3.05, 3.63) is 59.7 Å². The number of carbonyl (C=O) groups excluding carboxylic acids is 3. The number of hydrogen-bond donors (Lipinski definition) is 1. The lowest BCUT2D eigenvalue weighted by atomic mass is 10.1. The van der Waals surface area contributed by atoms with Crippen molar-refractivity contribution in [3.8, 4) is 23.0 Å². The Labute approximate surface area is 216 Å². The first kappa shape index (κ1) is 27.5. The summed E-state index contributed by atoms with van der Waals surface area (Å²) in [5, 5.41) is 0. The Kier molecular flexibility index (Phi) is 9.85. The molecule has 9 nitrogen and oxygen atoms in total. The summed E-state index contributed by atoms with van der Waals surface area (Å²) in [6.07, 6.45) is 6.84. The summed E-state index contributed by atoms with van der Waals surface area (Å²) >= 11 is 0. The standard InChI is InChI=1S/C28H32N2O7/c1-34-24-12-8-19(15-26(24)35-2)6-10-22(31)17-23(32)11-7-20-9-13-25(27(16-20)36-3)37-28(33)30-14-4-5-21(29)18-30/h6-13,15-16,21H,4-5,14,17-18,29H2,1-3H3. The number of amides is 1. The van der Waals surface area contributed by atoms with E-state index in [0.29, 0.717) is 35.9 Å². The van der Waals surface area contributed by atoms with Crippen molar-refractivity contribution in [3.63, 3.8) is 0 Å². The molecule has 0 spiro atoms. The van der Waals surface area contributed by atoms with Crippen molar-refractivity contribution in [2.45, 2.75) is 25.3 Å². The molecule has 1 saturated heterocycles. The lowest BCUT2D eigenvalue weighted by Gasteiger charge is -2.29. The second-order valence-corrected chi connectivity index (χ2v) is 8.52. The molecule has 1 aliphatic rings. The van der Waals surface area contributed by atoms with E-state index in [1.807, 2.05) is 0 Å². The lowest BCUT2D eigenvalue weighted by molar-refractivity contribution is -0.121. The average molecular weight is 509 g/mol. The summed E-state index contributed by atoms with van der Waals surface area (Å²) in [5.41, 5.74) is 7.33. The fourth-order valence-corrected chi connectivity index (χ4v) is 3.83. The molecule has 1 heterocycles. The van der Waals surface area contributed by atoms with Crippen LogP contribution in [-0.4, -0.2) is 63.0 Å². The molecule has 1 unspecified atom stereocenters. The quantitative estimate of drug-likeness (QED) is 0.379. The van der Waals surface area contributed by atoms with Gasteiger partial charge in [-0.1, -0.05) is 24.3 Å². The second-order valence-electron chi connectivity index (χ2n) is 8.52. The van der Waals surface area contributed by atoms with Crippen LogP contribution < -0.4 is 24.7 Å². The molecule has 0 radical (unpaired) electrons. The first-order valence-corrected chi connectivity index (χ1v) is 11.9. The van der Waals surface area contributed by atoms with E-state index in [2.05, 4.69) is 0 Å². The molecule has 1 aliphatic heterocycles. The molecule has 3 rings (SSSR count). The van der Waals surface area contributed by atoms with Gasteiger partial charge >= 0.3 is 6.09 Å². The molecule has 1 amide bonds. The minimum absolute atomic E-state index is 0.0541. The summed E-state index contributed by atoms with van der Waals surface area (Å²) in [6, 6.07) is 10.1. The van der Waals surface area contributed by atoms with Crippen molar-refractivity contribution in [2.75, 3.05) is 34.4 Å². The highest BCUT2D eigenvalue weighted by atomic mass is 16.6. The molecule has 1 fully saturated rings. The van der Waals surface area contributed by atoms with Crippen molar-refractivity contribution in [1.82, 2.24) is 4.90 Å². The van der Waals surface area contributed by atoms with Crippen LogP contribution in [0.1, 0.15) is 30.4 Å². The highest BCUT2D eigenvalue weighted by Crippen LogP contribution is 2.30. The third kappa shape index (κ3) is 7.94. The summed E-state index contributed by atoms with van der Waals surface area (Å²) < 4.78 is 21.3. The van der Waals surface area contributed by atoms with Crippen LogP contribution in [0.25, 0.3) is 12.2 Å². The third-order valence-electron chi connectivity index (χ3n) is 5.78. The Morgan fingerprint density at radius 1 is 0.865 bits per heavy atom. The van der Waals surface area contributed by atoms with E-state index < -0.39 is 6.09 Å². The maximum atomic E-state index is 12.5. The van der Waals surface area contributed by atoms with Crippen LogP contribution in [0.3, 0.4) is 0 Å². The predicted octanol–water partition coefficient (Wildman–Crippen LogP) is 3.89. The Hall–Kier alpha value is -4.11. The fraction of sp³-hybridized carbons (Fsp3) is 0.321. The minimum atomic E-state index is -0.480. The number of benzene rings is 2. The average Bonchev–Trinajstić information content (AvgIpc) is 2.91. The van der Waals surface area contributed by atoms with Crippen LogP contribution in [0.2, 0.25) is 0 Å². The fourth-order valence-electron chi connectivity index (χ4n) is 3.83. The maximum absolute atomic E-state index is 12.5. The number of nitrogens with two attached hydrogens (primary N) is 1. The smallest absolute Gasteiger partial charge is 0.415 e. The summed E-state index contributed by atoms with van der Waals surface area (Å²) in [5.74, 6) is 1.06. The summed E-state index contributed by atoms with van der Waals surface area (Å²) in [7, 11) is 4.54. The van der Waals surface area contributed by atoms with Crippen LogP contribution in [0.15, 0.2) is 48.6 Å². The molecule has 0 saturated carbocycles. The minimum Gasteiger partial charge on any atom is -0.493 e. The SMILES string of the molecule is COc1ccc(C=CC(=O)CC(=O)C=Cc2ccc(OC(=O)N3CCCC(N)C3)c(OC)c2)cc1OC. The number of ether oxygens (including phenoxy) is 4. The van der Waals surface area contributed by atoms with Gasteiger partial charge in [0.1, 0.15) is 0 Å². The van der Waals surface area contributed by atoms with Crippen molar-refractivity contribution >= 4 is 29.8 Å². The van der Waals surface area contributed by atoms with Crippen LogP contribution in [-0.2, 0) is 9.59 Å². The van der Waals surface area contributed by atoms with Gasteiger partial charge in [0, 0.05) is 19.1 Å². The van der Waals surface area contributed by atoms with E-state index in [1.165, 1.54) is 26.4 Å². The third-order valence-corrected chi connectivity index (χ3v) is 5.78. The van der Waals surface area contributed by atoms with Gasteiger partial charge in [-0.05, 0) is 60.4 Å². The van der Waals surface area contributed by atoms with Crippen LogP contribution in [0.5, 0.6) is 23.0 Å². The van der Waals surface area contributed by atoms with Gasteiger partial charge in [-0.2, -0.15) is 0 Å². The van der Waals surface area contributed by atoms with Gasteiger partial charge in [0.25, 0.3) is 0 Å². The van der Waals surface area contributed by atoms with Gasteiger partial charge in [-0.15, -0.1) is 0 Å². The van der Waals surface area contributed by atoms with E-state index in [4.69, 9.17) is 24.7 Å². The molecule has 0 bridgehead atoms. The topological polar surface area (TPSA) is 117 Å². The highest BCUT2D eigenvalue weighted by Gasteiger charge is 2.23. The molecule has 37 heavy (non-hydrogen) atoms. The molecule has 2 N–H and O–H groups in total. The zero-order chi connectivity index (χ0) is 26.8. The largest absolute Gasteiger partial charge is 0.493 e. The van der Waals surface area contributed by atoms with E-state index in [-0.39, 0.29) is 29.8 Å². The first-order chi connectivity index (χ1) is 17.8. The molecule has 2 aromatic rings. The van der Waals surface area contributed by atoms with E-state index in [1.54, 1.807) is 60.6 Å². The van der Waals surface area contributed by atoms with Crippen LogP contribution in [0.4, 0.5) is 4.79 Å². The molecular weight excluding hydrogens is 476 g/mol. The molecule has 1 atom stereocenters. The predicted molar refractivity (Wildman–Crippen MR) is 140 cm³/mol. The van der Waals surface area contributed by atoms with E-state index in [9.17, 15) is 14.4 Å². The number of allylic oxidation sites excluding steroid dienone is 2. The van der Waals surface area contributed by atoms with Gasteiger partial charge in [0.05, 0.1) is 27.8 Å². The summed E-state index contributed by atoms with van der Waals surface area (Å²) in [6.45, 7) is 1.05. The summed E-state index contributed by atoms with van der Waals surface area (Å²) in [4.78, 5) is 38.6. The molecule has 9 heteroatoms. The Balaban J connectivity index is 1.57. The van der Waals surface area contributed by atoms with Gasteiger partial charge in [0.15, 0.2) is 34.6 Å². The van der Waals surface area contributed by atoms with Gasteiger partial charge in [-0.25, -0.2) is 4.79 Å². The highest BCUT2D eigenvalue weighted by molar-refractivity contribution is 6.10. The molecule has 196 valence electrons. The number of carbonyl (C=O) groups is 3. The van der Waals surface area contributed by atoms with Gasteiger partial charge in [0.2, 0.25) is 0 Å². The monoisotopic (exact) mass is 508 g/mol. The van der Waals surface area contributed by atoms with Crippen LogP contribution >= 0.6 is 0 Å². The second kappa shape index (κ2) is 13.3. The van der Waals surface area contributed by atoms with E-state index in [0.717, 1.165) is 18.4 Å². The Morgan fingerprint density at radius 3 is 1.95 bits per heavy atom. The Morgan fingerprint density at radius 2 is 1.41 bits per heavy atom. The number of nitrogens with zero attached hydrogens (tertiary/aromatic N) is 1. The normalized spacial score (nSPS) is 15.6. The zero-order valence-corrected chi connectivity index (χ0v) is 21.3. The number of rotatable bonds is 10. The number of piperidine rings is 1. The molecule has 0 aliphatic carbocycles. The number of likely N-dealkylation sites (tertiary alicyclic amines) is 1. The zero-order valence-electron chi connectivity index (χ0n) is 21.3. The molecule has 0 aromatic heterocycles. The maximum Gasteiger partial charge on any atom is 0.415 e. The van der Waals surface area contributed by atoms with Crippen molar-refractivity contribution in [2.24, 2.45) is 5.73 Å². The van der Waals surface area contributed by atoms with Crippen LogP contribution in [0, 0.1) is 0 Å². The van der Waals surface area contributed by atoms with E-state index >= 15 is 0 Å². The Bertz CT molecular complexity index is 1190.